The molecule has 0 aromatic heterocycles. The molecular formula is C12H23N. The van der Waals surface area contributed by atoms with Crippen LogP contribution in [0.1, 0.15) is 52.4 Å². The molecular weight excluding hydrogens is 158 g/mol. The van der Waals surface area contributed by atoms with E-state index in [1.807, 2.05) is 0 Å². The summed E-state index contributed by atoms with van der Waals surface area (Å²) in [6, 6.07) is 0.776. The van der Waals surface area contributed by atoms with Crippen LogP contribution in [0.25, 0.3) is 0 Å². The molecule has 0 aromatic carbocycles. The summed E-state index contributed by atoms with van der Waals surface area (Å²) in [5.74, 6) is 0.979. The Labute approximate surface area is 82.3 Å². The maximum Gasteiger partial charge on any atom is 0.00956 e. The van der Waals surface area contributed by atoms with E-state index in [-0.39, 0.29) is 0 Å². The molecule has 1 aliphatic heterocycles. The SMILES string of the molecule is CC1CCCC2(CCNC2C)CC1. The molecule has 1 spiro atoms. The highest BCUT2D eigenvalue weighted by atomic mass is 15.0. The van der Waals surface area contributed by atoms with Gasteiger partial charge in [0, 0.05) is 6.04 Å². The van der Waals surface area contributed by atoms with Gasteiger partial charge in [-0.2, -0.15) is 0 Å². The maximum atomic E-state index is 3.62. The van der Waals surface area contributed by atoms with Crippen molar-refractivity contribution in [2.45, 2.75) is 58.4 Å². The lowest BCUT2D eigenvalue weighted by Crippen LogP contribution is -2.33. The van der Waals surface area contributed by atoms with Crippen molar-refractivity contribution in [2.24, 2.45) is 11.3 Å². The van der Waals surface area contributed by atoms with Crippen molar-refractivity contribution < 1.29 is 0 Å². The molecule has 2 fully saturated rings. The second-order valence-electron chi connectivity index (χ2n) is 5.32. The van der Waals surface area contributed by atoms with E-state index in [2.05, 4.69) is 19.2 Å². The van der Waals surface area contributed by atoms with Crippen LogP contribution >= 0.6 is 0 Å². The topological polar surface area (TPSA) is 12.0 Å². The van der Waals surface area contributed by atoms with E-state index < -0.39 is 0 Å². The third-order valence-corrected chi connectivity index (χ3v) is 4.50. The van der Waals surface area contributed by atoms with Crippen LogP contribution in [0, 0.1) is 11.3 Å². The van der Waals surface area contributed by atoms with Crippen LogP contribution in [0.2, 0.25) is 0 Å². The van der Waals surface area contributed by atoms with Gasteiger partial charge in [-0.1, -0.05) is 26.2 Å². The molecule has 2 rings (SSSR count). The van der Waals surface area contributed by atoms with Gasteiger partial charge in [0.05, 0.1) is 0 Å². The van der Waals surface area contributed by atoms with Crippen LogP contribution in [0.3, 0.4) is 0 Å². The molecule has 1 saturated heterocycles. The van der Waals surface area contributed by atoms with E-state index >= 15 is 0 Å². The van der Waals surface area contributed by atoms with Gasteiger partial charge in [-0.05, 0) is 44.1 Å². The zero-order valence-corrected chi connectivity index (χ0v) is 9.10. The predicted octanol–water partition coefficient (Wildman–Crippen LogP) is 2.95. The smallest absolute Gasteiger partial charge is 0.00956 e. The van der Waals surface area contributed by atoms with Crippen LogP contribution in [0.4, 0.5) is 0 Å². The molecule has 13 heavy (non-hydrogen) atoms. The molecule has 3 atom stereocenters. The van der Waals surface area contributed by atoms with Crippen LogP contribution in [-0.2, 0) is 0 Å². The third-order valence-electron chi connectivity index (χ3n) is 4.50. The summed E-state index contributed by atoms with van der Waals surface area (Å²) in [6.45, 7) is 6.07. The fraction of sp³-hybridized carbons (Fsp3) is 1.00. The van der Waals surface area contributed by atoms with E-state index in [4.69, 9.17) is 0 Å². The first-order valence-electron chi connectivity index (χ1n) is 5.96. The summed E-state index contributed by atoms with van der Waals surface area (Å²) in [5, 5.41) is 3.62. The second-order valence-corrected chi connectivity index (χ2v) is 5.32. The Morgan fingerprint density at radius 1 is 1.08 bits per heavy atom. The summed E-state index contributed by atoms with van der Waals surface area (Å²) in [4.78, 5) is 0. The Bertz CT molecular complexity index is 178. The Hall–Kier alpha value is -0.0400. The van der Waals surface area contributed by atoms with Gasteiger partial charge >= 0.3 is 0 Å². The van der Waals surface area contributed by atoms with Crippen molar-refractivity contribution in [3.63, 3.8) is 0 Å². The fourth-order valence-electron chi connectivity index (χ4n) is 3.26. The van der Waals surface area contributed by atoms with Crippen LogP contribution in [0.5, 0.6) is 0 Å². The zero-order chi connectivity index (χ0) is 9.31. The lowest BCUT2D eigenvalue weighted by Gasteiger charge is -2.32. The summed E-state index contributed by atoms with van der Waals surface area (Å²) >= 11 is 0. The molecule has 1 nitrogen and oxygen atoms in total. The highest BCUT2D eigenvalue weighted by Crippen LogP contribution is 2.44. The lowest BCUT2D eigenvalue weighted by molar-refractivity contribution is 0.219. The highest BCUT2D eigenvalue weighted by molar-refractivity contribution is 4.95. The maximum absolute atomic E-state index is 3.62. The Morgan fingerprint density at radius 2 is 1.92 bits per heavy atom. The van der Waals surface area contributed by atoms with Crippen LogP contribution < -0.4 is 5.32 Å². The van der Waals surface area contributed by atoms with Gasteiger partial charge in [0.1, 0.15) is 0 Å². The molecule has 0 amide bonds. The van der Waals surface area contributed by atoms with Gasteiger partial charge in [0.25, 0.3) is 0 Å². The van der Waals surface area contributed by atoms with E-state index in [0.717, 1.165) is 12.0 Å². The fourth-order valence-corrected chi connectivity index (χ4v) is 3.26. The van der Waals surface area contributed by atoms with Gasteiger partial charge in [-0.3, -0.25) is 0 Å². The van der Waals surface area contributed by atoms with E-state index in [9.17, 15) is 0 Å². The minimum absolute atomic E-state index is 0.685. The minimum atomic E-state index is 0.685. The molecule has 1 N–H and O–H groups in total. The van der Waals surface area contributed by atoms with Crippen LogP contribution in [-0.4, -0.2) is 12.6 Å². The summed E-state index contributed by atoms with van der Waals surface area (Å²) < 4.78 is 0. The first-order chi connectivity index (χ1) is 6.23. The number of hydrogen-bond donors (Lipinski definition) is 1. The number of nitrogens with one attached hydrogen (secondary N) is 1. The van der Waals surface area contributed by atoms with E-state index in [1.165, 1.54) is 45.1 Å². The standard InChI is InChI=1S/C12H23N/c1-10-4-3-6-12(7-5-10)8-9-13-11(12)2/h10-11,13H,3-9H2,1-2H3. The van der Waals surface area contributed by atoms with Gasteiger partial charge in [0.2, 0.25) is 0 Å². The molecule has 1 heteroatoms. The van der Waals surface area contributed by atoms with Crippen LogP contribution in [0.15, 0.2) is 0 Å². The van der Waals surface area contributed by atoms with Gasteiger partial charge in [-0.15, -0.1) is 0 Å². The Kier molecular flexibility index (Phi) is 2.64. The molecule has 0 bridgehead atoms. The van der Waals surface area contributed by atoms with Gasteiger partial charge < -0.3 is 5.32 Å². The predicted molar refractivity (Wildman–Crippen MR) is 56.8 cm³/mol. The third kappa shape index (κ3) is 1.76. The minimum Gasteiger partial charge on any atom is -0.314 e. The first-order valence-corrected chi connectivity index (χ1v) is 5.96. The van der Waals surface area contributed by atoms with E-state index in [1.54, 1.807) is 0 Å². The van der Waals surface area contributed by atoms with Crippen molar-refractivity contribution in [2.75, 3.05) is 6.54 Å². The lowest BCUT2D eigenvalue weighted by atomic mass is 9.74. The second kappa shape index (κ2) is 3.61. The summed E-state index contributed by atoms with van der Waals surface area (Å²) in [5.41, 5.74) is 0.685. The Balaban J connectivity index is 2.04. The molecule has 3 unspecified atom stereocenters. The molecule has 0 radical (unpaired) electrons. The molecule has 1 heterocycles. The van der Waals surface area contributed by atoms with Gasteiger partial charge in [-0.25, -0.2) is 0 Å². The van der Waals surface area contributed by atoms with Crippen molar-refractivity contribution in [3.05, 3.63) is 0 Å². The van der Waals surface area contributed by atoms with Crippen molar-refractivity contribution in [3.8, 4) is 0 Å². The highest BCUT2D eigenvalue weighted by Gasteiger charge is 2.40. The quantitative estimate of drug-likeness (QED) is 0.606. The molecule has 2 aliphatic rings. The van der Waals surface area contributed by atoms with Gasteiger partial charge in [0.15, 0.2) is 0 Å². The average Bonchev–Trinajstić information content (AvgIpc) is 2.32. The monoisotopic (exact) mass is 181 g/mol. The Morgan fingerprint density at radius 3 is 2.62 bits per heavy atom. The molecule has 76 valence electrons. The van der Waals surface area contributed by atoms with E-state index in [0.29, 0.717) is 5.41 Å². The number of rotatable bonds is 0. The normalized spacial score (nSPS) is 46.6. The van der Waals surface area contributed by atoms with Crippen molar-refractivity contribution in [1.29, 1.82) is 0 Å². The molecule has 1 aliphatic carbocycles. The van der Waals surface area contributed by atoms with Crippen molar-refractivity contribution >= 4 is 0 Å². The summed E-state index contributed by atoms with van der Waals surface area (Å²) in [6.07, 6.45) is 8.78. The zero-order valence-electron chi connectivity index (χ0n) is 9.10. The largest absolute Gasteiger partial charge is 0.314 e. The average molecular weight is 181 g/mol. The number of hydrogen-bond acceptors (Lipinski definition) is 1. The first kappa shape index (κ1) is 9.51. The molecule has 1 saturated carbocycles. The molecule has 0 aromatic rings. The summed E-state index contributed by atoms with van der Waals surface area (Å²) in [7, 11) is 0. The van der Waals surface area contributed by atoms with Crippen molar-refractivity contribution in [1.82, 2.24) is 5.32 Å².